The van der Waals surface area contributed by atoms with Crippen LogP contribution in [-0.4, -0.2) is 15.3 Å². The van der Waals surface area contributed by atoms with E-state index in [4.69, 9.17) is 0 Å². The van der Waals surface area contributed by atoms with Gasteiger partial charge in [0, 0.05) is 30.7 Å². The molecule has 0 saturated carbocycles. The smallest absolute Gasteiger partial charge is 0.140 e. The van der Waals surface area contributed by atoms with Gasteiger partial charge in [0.2, 0.25) is 0 Å². The highest BCUT2D eigenvalue weighted by Crippen LogP contribution is 2.33. The van der Waals surface area contributed by atoms with E-state index in [1.165, 1.54) is 16.5 Å². The lowest BCUT2D eigenvalue weighted by Gasteiger charge is -2.14. The predicted octanol–water partition coefficient (Wildman–Crippen LogP) is 5.34. The van der Waals surface area contributed by atoms with Crippen LogP contribution in [0.5, 0.6) is 0 Å². The summed E-state index contributed by atoms with van der Waals surface area (Å²) in [7, 11) is 0. The van der Waals surface area contributed by atoms with Crippen molar-refractivity contribution < 1.29 is 4.79 Å². The van der Waals surface area contributed by atoms with Gasteiger partial charge < -0.3 is 9.36 Å². The highest BCUT2D eigenvalue weighted by molar-refractivity contribution is 5.83. The molecule has 2 aromatic heterocycles. The first kappa shape index (κ1) is 17.4. The van der Waals surface area contributed by atoms with Crippen LogP contribution in [0.25, 0.3) is 11.0 Å². The molecular weight excluding hydrogens is 308 g/mol. The van der Waals surface area contributed by atoms with Crippen molar-refractivity contribution >= 4 is 16.8 Å². The second kappa shape index (κ2) is 8.11. The van der Waals surface area contributed by atoms with Gasteiger partial charge in [-0.25, -0.2) is 4.98 Å². The number of aromatic nitrogens is 2. The second-order valence-corrected chi connectivity index (χ2v) is 6.82. The summed E-state index contributed by atoms with van der Waals surface area (Å²) in [6.07, 6.45) is 8.02. The molecule has 1 atom stereocenters. The Morgan fingerprint density at radius 2 is 1.96 bits per heavy atom. The topological polar surface area (TPSA) is 34.9 Å². The zero-order valence-electron chi connectivity index (χ0n) is 15.1. The fourth-order valence-electron chi connectivity index (χ4n) is 3.54. The second-order valence-electron chi connectivity index (χ2n) is 6.82. The van der Waals surface area contributed by atoms with E-state index in [-0.39, 0.29) is 11.7 Å². The molecule has 25 heavy (non-hydrogen) atoms. The fraction of sp³-hybridized carbons (Fsp3) is 0.364. The van der Waals surface area contributed by atoms with Crippen molar-refractivity contribution in [1.82, 2.24) is 9.55 Å². The van der Waals surface area contributed by atoms with Crippen LogP contribution in [0.15, 0.2) is 54.9 Å². The number of nitrogens with zero attached hydrogens (tertiary/aromatic N) is 2. The minimum Gasteiger partial charge on any atom is -0.328 e. The molecule has 3 heteroatoms. The third-order valence-corrected chi connectivity index (χ3v) is 4.74. The molecule has 0 bridgehead atoms. The van der Waals surface area contributed by atoms with Crippen molar-refractivity contribution in [2.24, 2.45) is 0 Å². The van der Waals surface area contributed by atoms with Gasteiger partial charge in [0.1, 0.15) is 11.4 Å². The Bertz CT molecular complexity index is 836. The first-order valence-corrected chi connectivity index (χ1v) is 9.16. The molecule has 0 N–H and O–H groups in total. The van der Waals surface area contributed by atoms with Crippen LogP contribution in [0, 0.1) is 0 Å². The van der Waals surface area contributed by atoms with E-state index in [1.54, 1.807) is 6.92 Å². The molecule has 0 aliphatic rings. The van der Waals surface area contributed by atoms with E-state index in [9.17, 15) is 4.79 Å². The quantitative estimate of drug-likeness (QED) is 0.557. The van der Waals surface area contributed by atoms with Crippen LogP contribution in [0.4, 0.5) is 0 Å². The SMILES string of the molecule is CCCCC(CC(C)=O)c1cn(Cc2ccccc2)c2ncccc12. The summed E-state index contributed by atoms with van der Waals surface area (Å²) in [6.45, 7) is 4.69. The Hall–Kier alpha value is -2.42. The predicted molar refractivity (Wildman–Crippen MR) is 103 cm³/mol. The number of carbonyl (C=O) groups excluding carboxylic acids is 1. The number of fused-ring (bicyclic) bond motifs is 1. The third kappa shape index (κ3) is 4.16. The van der Waals surface area contributed by atoms with Crippen LogP contribution >= 0.6 is 0 Å². The van der Waals surface area contributed by atoms with Crippen LogP contribution in [0.2, 0.25) is 0 Å². The molecular formula is C22H26N2O. The molecule has 3 nitrogen and oxygen atoms in total. The first-order chi connectivity index (χ1) is 12.2. The Morgan fingerprint density at radius 3 is 2.68 bits per heavy atom. The Balaban J connectivity index is 2.00. The minimum atomic E-state index is 0.258. The molecule has 0 radical (unpaired) electrons. The van der Waals surface area contributed by atoms with Crippen molar-refractivity contribution in [3.05, 3.63) is 66.0 Å². The number of benzene rings is 1. The maximum Gasteiger partial charge on any atom is 0.140 e. The van der Waals surface area contributed by atoms with Crippen molar-refractivity contribution in [2.45, 2.75) is 52.0 Å². The molecule has 0 amide bonds. The number of pyridine rings is 1. The van der Waals surface area contributed by atoms with E-state index < -0.39 is 0 Å². The van der Waals surface area contributed by atoms with Crippen molar-refractivity contribution in [2.75, 3.05) is 0 Å². The van der Waals surface area contributed by atoms with E-state index in [2.05, 4.69) is 53.0 Å². The summed E-state index contributed by atoms with van der Waals surface area (Å²) in [6, 6.07) is 14.6. The van der Waals surface area contributed by atoms with E-state index >= 15 is 0 Å². The Kier molecular flexibility index (Phi) is 5.64. The van der Waals surface area contributed by atoms with Crippen molar-refractivity contribution in [1.29, 1.82) is 0 Å². The monoisotopic (exact) mass is 334 g/mol. The molecule has 0 aliphatic heterocycles. The van der Waals surface area contributed by atoms with E-state index in [1.807, 2.05) is 18.3 Å². The number of ketones is 1. The normalized spacial score (nSPS) is 12.4. The Labute approximate surface area is 149 Å². The highest BCUT2D eigenvalue weighted by Gasteiger charge is 2.19. The maximum atomic E-state index is 11.8. The standard InChI is InChI=1S/C22H26N2O/c1-3-4-11-19(14-17(2)25)21-16-24(15-18-9-6-5-7-10-18)22-20(21)12-8-13-23-22/h5-10,12-13,16,19H,3-4,11,14-15H2,1-2H3. The zero-order chi connectivity index (χ0) is 17.6. The Morgan fingerprint density at radius 1 is 1.16 bits per heavy atom. The molecule has 0 spiro atoms. The summed E-state index contributed by atoms with van der Waals surface area (Å²) in [5.74, 6) is 0.537. The first-order valence-electron chi connectivity index (χ1n) is 9.16. The molecule has 3 aromatic rings. The number of hydrogen-bond donors (Lipinski definition) is 0. The third-order valence-electron chi connectivity index (χ3n) is 4.74. The van der Waals surface area contributed by atoms with Gasteiger partial charge >= 0.3 is 0 Å². The summed E-state index contributed by atoms with van der Waals surface area (Å²) >= 11 is 0. The number of unbranched alkanes of at least 4 members (excludes halogenated alkanes) is 1. The maximum absolute atomic E-state index is 11.8. The van der Waals surface area contributed by atoms with Gasteiger partial charge in [-0.15, -0.1) is 0 Å². The van der Waals surface area contributed by atoms with Gasteiger partial charge in [-0.05, 0) is 42.5 Å². The van der Waals surface area contributed by atoms with Gasteiger partial charge in [-0.3, -0.25) is 0 Å². The van der Waals surface area contributed by atoms with Crippen molar-refractivity contribution in [3.63, 3.8) is 0 Å². The lowest BCUT2D eigenvalue weighted by Crippen LogP contribution is -2.04. The van der Waals surface area contributed by atoms with Gasteiger partial charge in [-0.1, -0.05) is 50.1 Å². The van der Waals surface area contributed by atoms with E-state index in [0.29, 0.717) is 6.42 Å². The molecule has 0 fully saturated rings. The summed E-state index contributed by atoms with van der Waals surface area (Å²) in [4.78, 5) is 16.4. The largest absolute Gasteiger partial charge is 0.328 e. The minimum absolute atomic E-state index is 0.258. The average molecular weight is 334 g/mol. The molecule has 2 heterocycles. The van der Waals surface area contributed by atoms with Crippen LogP contribution in [0.3, 0.4) is 0 Å². The molecule has 1 unspecified atom stereocenters. The molecule has 0 saturated heterocycles. The summed E-state index contributed by atoms with van der Waals surface area (Å²) < 4.78 is 2.22. The van der Waals surface area contributed by atoms with Gasteiger partial charge in [0.25, 0.3) is 0 Å². The van der Waals surface area contributed by atoms with Gasteiger partial charge in [-0.2, -0.15) is 0 Å². The van der Waals surface area contributed by atoms with Gasteiger partial charge in [0.15, 0.2) is 0 Å². The van der Waals surface area contributed by atoms with Crippen LogP contribution in [0.1, 0.15) is 56.6 Å². The molecule has 0 aliphatic carbocycles. The number of rotatable bonds is 8. The van der Waals surface area contributed by atoms with E-state index in [0.717, 1.165) is 31.5 Å². The number of carbonyl (C=O) groups is 1. The van der Waals surface area contributed by atoms with Crippen LogP contribution < -0.4 is 0 Å². The lowest BCUT2D eigenvalue weighted by atomic mass is 9.89. The number of Topliss-reactive ketones (excluding diaryl/α,β-unsaturated/α-hetero) is 1. The molecule has 3 rings (SSSR count). The summed E-state index contributed by atoms with van der Waals surface area (Å²) in [5.41, 5.74) is 3.53. The average Bonchev–Trinajstić information content (AvgIpc) is 2.98. The molecule has 130 valence electrons. The highest BCUT2D eigenvalue weighted by atomic mass is 16.1. The van der Waals surface area contributed by atoms with Crippen molar-refractivity contribution in [3.8, 4) is 0 Å². The lowest BCUT2D eigenvalue weighted by molar-refractivity contribution is -0.117. The fourth-order valence-corrected chi connectivity index (χ4v) is 3.54. The number of hydrogen-bond acceptors (Lipinski definition) is 2. The van der Waals surface area contributed by atoms with Gasteiger partial charge in [0.05, 0.1) is 0 Å². The van der Waals surface area contributed by atoms with Crippen LogP contribution in [-0.2, 0) is 11.3 Å². The molecule has 1 aromatic carbocycles. The summed E-state index contributed by atoms with van der Waals surface area (Å²) in [5, 5.41) is 1.18. The zero-order valence-corrected chi connectivity index (χ0v) is 15.1.